The highest BCUT2D eigenvalue weighted by atomic mass is 31.2. The van der Waals surface area contributed by atoms with E-state index in [4.69, 9.17) is 13.8 Å². The highest BCUT2D eigenvalue weighted by Crippen LogP contribution is 2.38. The van der Waals surface area contributed by atoms with Gasteiger partial charge in [-0.2, -0.15) is 0 Å². The third-order valence-corrected chi connectivity index (χ3v) is 3.01. The lowest BCUT2D eigenvalue weighted by Crippen LogP contribution is -1.98. The van der Waals surface area contributed by atoms with E-state index in [2.05, 4.69) is 0 Å². The van der Waals surface area contributed by atoms with Crippen LogP contribution in [0.25, 0.3) is 0 Å². The molecule has 0 aliphatic carbocycles. The zero-order valence-corrected chi connectivity index (χ0v) is 9.10. The first-order chi connectivity index (χ1) is 5.85. The summed E-state index contributed by atoms with van der Waals surface area (Å²) in [6.07, 6.45) is 1.99. The molecule has 0 saturated heterocycles. The van der Waals surface area contributed by atoms with Crippen molar-refractivity contribution in [1.29, 1.82) is 0 Å². The molecule has 0 bridgehead atoms. The molecule has 0 aliphatic heterocycles. The molecule has 0 heterocycles. The maximum Gasteiger partial charge on any atom is 0.170 e. The van der Waals surface area contributed by atoms with Gasteiger partial charge in [0.15, 0.2) is 8.38 Å². The van der Waals surface area contributed by atoms with Gasteiger partial charge >= 0.3 is 0 Å². The third-order valence-electron chi connectivity index (χ3n) is 1.24. The first-order valence-corrected chi connectivity index (χ1v) is 5.73. The molecule has 0 aliphatic rings. The Morgan fingerprint density at radius 3 is 2.08 bits per heavy atom. The molecule has 0 saturated carbocycles. The fourth-order valence-corrected chi connectivity index (χ4v) is 2.09. The van der Waals surface area contributed by atoms with Crippen molar-refractivity contribution in [2.75, 3.05) is 33.1 Å². The van der Waals surface area contributed by atoms with E-state index >= 15 is 0 Å². The van der Waals surface area contributed by atoms with Crippen LogP contribution in [0.2, 0.25) is 0 Å². The molecular formula is C8H19O3P. The molecule has 0 fully saturated rings. The van der Waals surface area contributed by atoms with Crippen molar-refractivity contribution in [3.8, 4) is 0 Å². The summed E-state index contributed by atoms with van der Waals surface area (Å²) in [4.78, 5) is 0. The molecule has 0 N–H and O–H groups in total. The Bertz CT molecular complexity index is 84.4. The van der Waals surface area contributed by atoms with Gasteiger partial charge in [0.1, 0.15) is 0 Å². The van der Waals surface area contributed by atoms with Crippen molar-refractivity contribution in [3.05, 3.63) is 0 Å². The van der Waals surface area contributed by atoms with Gasteiger partial charge in [-0.3, -0.25) is 0 Å². The molecule has 0 aromatic heterocycles. The Kier molecular flexibility index (Phi) is 9.64. The average molecular weight is 194 g/mol. The van der Waals surface area contributed by atoms with Crippen LogP contribution in [-0.4, -0.2) is 33.1 Å². The number of methoxy groups -OCH3 is 1. The van der Waals surface area contributed by atoms with E-state index < -0.39 is 8.38 Å². The average Bonchev–Trinajstić information content (AvgIpc) is 2.06. The maximum atomic E-state index is 5.42. The van der Waals surface area contributed by atoms with Gasteiger partial charge < -0.3 is 13.8 Å². The molecule has 0 rings (SSSR count). The first-order valence-electron chi connectivity index (χ1n) is 4.37. The van der Waals surface area contributed by atoms with Gasteiger partial charge in [0.05, 0.1) is 13.2 Å². The normalized spacial score (nSPS) is 11.0. The summed E-state index contributed by atoms with van der Waals surface area (Å²) in [5.74, 6) is 0. The van der Waals surface area contributed by atoms with Crippen LogP contribution in [0.5, 0.6) is 0 Å². The lowest BCUT2D eigenvalue weighted by Gasteiger charge is -2.14. The molecule has 0 unspecified atom stereocenters. The predicted octanol–water partition coefficient (Wildman–Crippen LogP) is 2.41. The highest BCUT2D eigenvalue weighted by Gasteiger charge is 2.07. The van der Waals surface area contributed by atoms with Gasteiger partial charge in [0, 0.05) is 19.9 Å². The van der Waals surface area contributed by atoms with Gasteiger partial charge in [-0.15, -0.1) is 0 Å². The molecule has 0 amide bonds. The molecule has 0 atom stereocenters. The van der Waals surface area contributed by atoms with E-state index in [0.29, 0.717) is 0 Å². The number of hydrogen-bond donors (Lipinski definition) is 0. The fourth-order valence-electron chi connectivity index (χ4n) is 0.792. The molecule has 0 radical (unpaired) electrons. The van der Waals surface area contributed by atoms with Gasteiger partial charge in [0.25, 0.3) is 0 Å². The standard InChI is InChI=1S/C8H19O3P/c1-4-10-12(11-5-2)8-6-7-9-3/h4-8H2,1-3H3. The van der Waals surface area contributed by atoms with E-state index in [1.165, 1.54) is 0 Å². The molecule has 0 aromatic carbocycles. The van der Waals surface area contributed by atoms with E-state index in [1.54, 1.807) is 7.11 Å². The molecule has 4 heteroatoms. The van der Waals surface area contributed by atoms with Gasteiger partial charge in [-0.05, 0) is 20.3 Å². The first kappa shape index (κ1) is 12.3. The Morgan fingerprint density at radius 1 is 1.08 bits per heavy atom. The number of rotatable bonds is 8. The molecule has 12 heavy (non-hydrogen) atoms. The molecule has 0 aromatic rings. The Labute approximate surface area is 76.3 Å². The smallest absolute Gasteiger partial charge is 0.170 e. The minimum atomic E-state index is -0.652. The van der Waals surface area contributed by atoms with E-state index in [1.807, 2.05) is 13.8 Å². The monoisotopic (exact) mass is 194 g/mol. The number of ether oxygens (including phenoxy) is 1. The predicted molar refractivity (Wildman–Crippen MR) is 51.5 cm³/mol. The second-order valence-corrected chi connectivity index (χ2v) is 3.87. The topological polar surface area (TPSA) is 27.7 Å². The van der Waals surface area contributed by atoms with Crippen molar-refractivity contribution >= 4 is 8.38 Å². The lowest BCUT2D eigenvalue weighted by molar-refractivity contribution is 0.196. The van der Waals surface area contributed by atoms with E-state index in [9.17, 15) is 0 Å². The van der Waals surface area contributed by atoms with E-state index in [-0.39, 0.29) is 0 Å². The number of hydrogen-bond acceptors (Lipinski definition) is 3. The maximum absolute atomic E-state index is 5.42. The van der Waals surface area contributed by atoms with Crippen molar-refractivity contribution in [2.45, 2.75) is 20.3 Å². The largest absolute Gasteiger partial charge is 0.385 e. The van der Waals surface area contributed by atoms with Crippen molar-refractivity contribution in [1.82, 2.24) is 0 Å². The van der Waals surface area contributed by atoms with Crippen LogP contribution >= 0.6 is 8.38 Å². The zero-order chi connectivity index (χ0) is 9.23. The summed E-state index contributed by atoms with van der Waals surface area (Å²) in [7, 11) is 1.06. The van der Waals surface area contributed by atoms with Crippen LogP contribution in [0.1, 0.15) is 20.3 Å². The minimum Gasteiger partial charge on any atom is -0.385 e. The van der Waals surface area contributed by atoms with Crippen LogP contribution in [-0.2, 0) is 13.8 Å². The van der Waals surface area contributed by atoms with Gasteiger partial charge in [-0.25, -0.2) is 0 Å². The summed E-state index contributed by atoms with van der Waals surface area (Å²) in [6.45, 7) is 6.24. The van der Waals surface area contributed by atoms with Crippen molar-refractivity contribution in [2.24, 2.45) is 0 Å². The Morgan fingerprint density at radius 2 is 1.67 bits per heavy atom. The van der Waals surface area contributed by atoms with E-state index in [0.717, 1.165) is 32.4 Å². The van der Waals surface area contributed by atoms with Gasteiger partial charge in [-0.1, -0.05) is 0 Å². The van der Waals surface area contributed by atoms with Crippen LogP contribution in [0.4, 0.5) is 0 Å². The zero-order valence-electron chi connectivity index (χ0n) is 8.21. The molecule has 3 nitrogen and oxygen atoms in total. The molecular weight excluding hydrogens is 175 g/mol. The molecule has 0 spiro atoms. The van der Waals surface area contributed by atoms with Crippen LogP contribution in [0.3, 0.4) is 0 Å². The quantitative estimate of drug-likeness (QED) is 0.438. The van der Waals surface area contributed by atoms with Crippen LogP contribution in [0.15, 0.2) is 0 Å². The third kappa shape index (κ3) is 6.99. The summed E-state index contributed by atoms with van der Waals surface area (Å²) in [5.41, 5.74) is 0. The molecule has 74 valence electrons. The highest BCUT2D eigenvalue weighted by molar-refractivity contribution is 7.47. The fraction of sp³-hybridized carbons (Fsp3) is 1.00. The lowest BCUT2D eigenvalue weighted by atomic mass is 10.5. The Balaban J connectivity index is 3.34. The van der Waals surface area contributed by atoms with Gasteiger partial charge in [0.2, 0.25) is 0 Å². The summed E-state index contributed by atoms with van der Waals surface area (Å²) in [6, 6.07) is 0. The SMILES string of the molecule is CCOP(CCCOC)OCC. The summed E-state index contributed by atoms with van der Waals surface area (Å²) in [5, 5.41) is 0. The van der Waals surface area contributed by atoms with Crippen molar-refractivity contribution in [3.63, 3.8) is 0 Å². The van der Waals surface area contributed by atoms with Crippen LogP contribution < -0.4 is 0 Å². The summed E-state index contributed by atoms with van der Waals surface area (Å²) < 4.78 is 15.8. The second kappa shape index (κ2) is 9.40. The Hall–Kier alpha value is 0.310. The minimum absolute atomic E-state index is 0.652. The second-order valence-electron chi connectivity index (χ2n) is 2.24. The van der Waals surface area contributed by atoms with Crippen molar-refractivity contribution < 1.29 is 13.8 Å². The summed E-state index contributed by atoms with van der Waals surface area (Å²) >= 11 is 0. The van der Waals surface area contributed by atoms with Crippen LogP contribution in [0, 0.1) is 0 Å².